The highest BCUT2D eigenvalue weighted by atomic mass is 32.2. The molecule has 1 aliphatic heterocycles. The van der Waals surface area contributed by atoms with Crippen molar-refractivity contribution in [2.24, 2.45) is 5.14 Å². The smallest absolute Gasteiger partial charge is 0.261 e. The van der Waals surface area contributed by atoms with Gasteiger partial charge in [-0.3, -0.25) is 14.7 Å². The molecule has 0 radical (unpaired) electrons. The van der Waals surface area contributed by atoms with Gasteiger partial charge in [0.1, 0.15) is 5.82 Å². The summed E-state index contributed by atoms with van der Waals surface area (Å²) in [5.41, 5.74) is 3.22. The van der Waals surface area contributed by atoms with Crippen LogP contribution in [0.1, 0.15) is 12.8 Å². The summed E-state index contributed by atoms with van der Waals surface area (Å²) in [6.45, 7) is 1.04. The fourth-order valence-corrected chi connectivity index (χ4v) is 6.14. The molecule has 0 spiro atoms. The number of nitrogens with zero attached hydrogens (tertiary/aromatic N) is 4. The van der Waals surface area contributed by atoms with Gasteiger partial charge in [-0.25, -0.2) is 27.0 Å². The van der Waals surface area contributed by atoms with Crippen LogP contribution in [0.5, 0.6) is 0 Å². The summed E-state index contributed by atoms with van der Waals surface area (Å²) >= 11 is 0. The molecular weight excluding hydrogens is 500 g/mol. The Bertz CT molecular complexity index is 1620. The second-order valence-corrected chi connectivity index (χ2v) is 12.1. The van der Waals surface area contributed by atoms with E-state index in [1.807, 2.05) is 23.1 Å². The maximum absolute atomic E-state index is 12.7. The maximum atomic E-state index is 12.7. The summed E-state index contributed by atoms with van der Waals surface area (Å²) in [5, 5.41) is 4.76. The number of pyridine rings is 1. The average molecular weight is 525 g/mol. The molecule has 5 rings (SSSR count). The minimum atomic E-state index is -3.74. The van der Waals surface area contributed by atoms with Crippen molar-refractivity contribution in [1.82, 2.24) is 15.0 Å². The number of hydrogen-bond acceptors (Lipinski definition) is 8. The van der Waals surface area contributed by atoms with Gasteiger partial charge in [-0.1, -0.05) is 24.3 Å². The lowest BCUT2D eigenvalue weighted by molar-refractivity contribution is 0.529. The molecule has 0 atom stereocenters. The number of aromatic nitrogens is 3. The zero-order chi connectivity index (χ0) is 25.3. The Morgan fingerprint density at radius 3 is 2.33 bits per heavy atom. The fourth-order valence-electron chi connectivity index (χ4n) is 4.21. The SMILES string of the molecule is NS(=O)(=O)C1CCN(c2cnc3ccc(-c4cncc(NS(=O)(=O)c5ccccc5)c4)cc3n2)CC1. The highest BCUT2D eigenvalue weighted by Gasteiger charge is 2.28. The standard InChI is InChI=1S/C24H24N6O4S2/c25-35(31,32)20-8-10-30(11-9-20)24-16-27-22-7-6-17(13-23(22)28-24)18-12-19(15-26-14-18)29-36(33,34)21-4-2-1-3-5-21/h1-7,12-16,20,29H,8-11H2,(H2,25,31,32). The average Bonchev–Trinajstić information content (AvgIpc) is 2.88. The second-order valence-electron chi connectivity index (χ2n) is 8.59. The summed E-state index contributed by atoms with van der Waals surface area (Å²) in [6.07, 6.45) is 5.66. The summed E-state index contributed by atoms with van der Waals surface area (Å²) < 4.78 is 51.2. The number of nitrogens with one attached hydrogen (secondary N) is 1. The number of primary sulfonamides is 1. The predicted octanol–water partition coefficient (Wildman–Crippen LogP) is 2.75. The molecule has 1 fully saturated rings. The predicted molar refractivity (Wildman–Crippen MR) is 138 cm³/mol. The molecule has 4 aromatic rings. The van der Waals surface area contributed by atoms with E-state index in [1.165, 1.54) is 18.3 Å². The van der Waals surface area contributed by atoms with Gasteiger partial charge in [-0.15, -0.1) is 0 Å². The molecule has 36 heavy (non-hydrogen) atoms. The molecule has 0 unspecified atom stereocenters. The van der Waals surface area contributed by atoms with Crippen LogP contribution < -0.4 is 14.8 Å². The molecule has 0 aliphatic carbocycles. The van der Waals surface area contributed by atoms with Gasteiger partial charge in [0.2, 0.25) is 10.0 Å². The first-order valence-corrected chi connectivity index (χ1v) is 14.3. The molecule has 3 N–H and O–H groups in total. The minimum Gasteiger partial charge on any atom is -0.355 e. The number of sulfonamides is 2. The van der Waals surface area contributed by atoms with Crippen LogP contribution in [0.4, 0.5) is 11.5 Å². The molecule has 0 saturated carbocycles. The Balaban J connectivity index is 1.39. The van der Waals surface area contributed by atoms with Gasteiger partial charge in [-0.2, -0.15) is 0 Å². The molecule has 10 nitrogen and oxygen atoms in total. The Morgan fingerprint density at radius 2 is 1.61 bits per heavy atom. The van der Waals surface area contributed by atoms with Crippen molar-refractivity contribution in [3.63, 3.8) is 0 Å². The molecule has 2 aromatic carbocycles. The highest BCUT2D eigenvalue weighted by molar-refractivity contribution is 7.92. The van der Waals surface area contributed by atoms with Gasteiger partial charge in [0.25, 0.3) is 10.0 Å². The lowest BCUT2D eigenvalue weighted by atomic mass is 10.1. The lowest BCUT2D eigenvalue weighted by Gasteiger charge is -2.31. The van der Waals surface area contributed by atoms with Gasteiger partial charge >= 0.3 is 0 Å². The number of nitrogens with two attached hydrogens (primary N) is 1. The Kier molecular flexibility index (Phi) is 6.33. The van der Waals surface area contributed by atoms with Gasteiger partial charge < -0.3 is 4.90 Å². The van der Waals surface area contributed by atoms with Crippen LogP contribution in [0.2, 0.25) is 0 Å². The van der Waals surface area contributed by atoms with E-state index in [0.29, 0.717) is 54.0 Å². The van der Waals surface area contributed by atoms with Crippen molar-refractivity contribution in [2.75, 3.05) is 22.7 Å². The van der Waals surface area contributed by atoms with Crippen LogP contribution in [-0.2, 0) is 20.0 Å². The van der Waals surface area contributed by atoms with Crippen molar-refractivity contribution >= 4 is 42.6 Å². The van der Waals surface area contributed by atoms with E-state index >= 15 is 0 Å². The summed E-state index contributed by atoms with van der Waals surface area (Å²) in [7, 11) is -7.29. The maximum Gasteiger partial charge on any atom is 0.261 e. The van der Waals surface area contributed by atoms with Crippen molar-refractivity contribution in [2.45, 2.75) is 23.0 Å². The van der Waals surface area contributed by atoms with Crippen LogP contribution >= 0.6 is 0 Å². The molecule has 0 bridgehead atoms. The van der Waals surface area contributed by atoms with Crippen molar-refractivity contribution < 1.29 is 16.8 Å². The molecule has 3 heterocycles. The van der Waals surface area contributed by atoms with Crippen molar-refractivity contribution in [3.8, 4) is 11.1 Å². The first-order valence-electron chi connectivity index (χ1n) is 11.3. The van der Waals surface area contributed by atoms with Gasteiger partial charge in [0.15, 0.2) is 0 Å². The van der Waals surface area contributed by atoms with Crippen molar-refractivity contribution in [1.29, 1.82) is 0 Å². The number of fused-ring (bicyclic) bond motifs is 1. The Morgan fingerprint density at radius 1 is 0.861 bits per heavy atom. The van der Waals surface area contributed by atoms with Crippen LogP contribution in [0.3, 0.4) is 0 Å². The number of rotatable bonds is 6. The number of hydrogen-bond donors (Lipinski definition) is 2. The third-order valence-corrected chi connectivity index (χ3v) is 8.94. The Labute approximate surface area is 209 Å². The molecular formula is C24H24N6O4S2. The molecule has 12 heteroatoms. The largest absolute Gasteiger partial charge is 0.355 e. The third-order valence-electron chi connectivity index (χ3n) is 6.14. The molecule has 186 valence electrons. The zero-order valence-corrected chi connectivity index (χ0v) is 20.8. The molecule has 1 aliphatic rings. The van der Waals surface area contributed by atoms with Crippen LogP contribution in [0.25, 0.3) is 22.2 Å². The topological polar surface area (TPSA) is 148 Å². The first kappa shape index (κ1) is 24.1. The van der Waals surface area contributed by atoms with Crippen molar-refractivity contribution in [3.05, 3.63) is 73.2 Å². The quantitative estimate of drug-likeness (QED) is 0.391. The molecule has 1 saturated heterocycles. The second kappa shape index (κ2) is 9.45. The van der Waals surface area contributed by atoms with Crippen LogP contribution in [0, 0.1) is 0 Å². The summed E-state index contributed by atoms with van der Waals surface area (Å²) in [5.74, 6) is 0.662. The van der Waals surface area contributed by atoms with Gasteiger partial charge in [-0.05, 0) is 48.7 Å². The van der Waals surface area contributed by atoms with Crippen LogP contribution in [0.15, 0.2) is 78.1 Å². The number of piperidine rings is 1. The van der Waals surface area contributed by atoms with E-state index in [0.717, 1.165) is 5.56 Å². The number of anilines is 2. The minimum absolute atomic E-state index is 0.164. The van der Waals surface area contributed by atoms with E-state index in [9.17, 15) is 16.8 Å². The van der Waals surface area contributed by atoms with Gasteiger partial charge in [0, 0.05) is 24.8 Å². The zero-order valence-electron chi connectivity index (χ0n) is 19.1. The number of benzene rings is 2. The van der Waals surface area contributed by atoms with E-state index in [4.69, 9.17) is 10.1 Å². The van der Waals surface area contributed by atoms with E-state index < -0.39 is 25.3 Å². The normalized spacial score (nSPS) is 15.2. The molecule has 2 aromatic heterocycles. The van der Waals surface area contributed by atoms with E-state index in [-0.39, 0.29) is 4.90 Å². The van der Waals surface area contributed by atoms with Gasteiger partial charge in [0.05, 0.1) is 39.3 Å². The summed E-state index contributed by atoms with van der Waals surface area (Å²) in [4.78, 5) is 15.6. The highest BCUT2D eigenvalue weighted by Crippen LogP contribution is 2.27. The first-order chi connectivity index (χ1) is 17.2. The fraction of sp³-hybridized carbons (Fsp3) is 0.208. The lowest BCUT2D eigenvalue weighted by Crippen LogP contribution is -2.42. The summed E-state index contributed by atoms with van der Waals surface area (Å²) in [6, 6.07) is 15.4. The monoisotopic (exact) mass is 524 g/mol. The molecule has 0 amide bonds. The van der Waals surface area contributed by atoms with E-state index in [1.54, 1.807) is 36.7 Å². The third kappa shape index (κ3) is 5.15. The van der Waals surface area contributed by atoms with Crippen LogP contribution in [-0.4, -0.2) is 50.1 Å². The Hall–Kier alpha value is -3.61. The van der Waals surface area contributed by atoms with E-state index in [2.05, 4.69) is 14.7 Å².